The van der Waals surface area contributed by atoms with Crippen molar-refractivity contribution in [3.63, 3.8) is 0 Å². The van der Waals surface area contributed by atoms with Crippen LogP contribution in [0, 0.1) is 0 Å². The summed E-state index contributed by atoms with van der Waals surface area (Å²) in [5, 5.41) is 2.82. The van der Waals surface area contributed by atoms with Gasteiger partial charge in [-0.2, -0.15) is 0 Å². The summed E-state index contributed by atoms with van der Waals surface area (Å²) >= 11 is 0. The van der Waals surface area contributed by atoms with Gasteiger partial charge >= 0.3 is 0 Å². The van der Waals surface area contributed by atoms with Gasteiger partial charge in [-0.15, -0.1) is 0 Å². The number of hydrogen-bond acceptors (Lipinski definition) is 4. The predicted molar refractivity (Wildman–Crippen MR) is 88.7 cm³/mol. The van der Waals surface area contributed by atoms with Crippen LogP contribution in [-0.4, -0.2) is 16.8 Å². The number of primary amides is 1. The number of para-hydroxylation sites is 1. The number of hydrogen-bond donors (Lipinski definition) is 2. The van der Waals surface area contributed by atoms with Gasteiger partial charge in [0.25, 0.3) is 11.8 Å². The minimum atomic E-state index is -0.627. The van der Waals surface area contributed by atoms with E-state index in [1.54, 1.807) is 12.1 Å². The van der Waals surface area contributed by atoms with Crippen LogP contribution in [0.25, 0.3) is 0 Å². The third-order valence-corrected chi connectivity index (χ3v) is 3.41. The van der Waals surface area contributed by atoms with Crippen molar-refractivity contribution in [2.45, 2.75) is 6.42 Å². The van der Waals surface area contributed by atoms with E-state index in [9.17, 15) is 9.59 Å². The van der Waals surface area contributed by atoms with Crippen LogP contribution >= 0.6 is 0 Å². The standard InChI is InChI=1S/C18H15N3O3/c19-17(22)15-11-24-16(21-15)10-12-6-8-13(9-7-12)18(23)20-14-4-2-1-3-5-14/h1-9,11H,10H2,(H2,19,22)(H,20,23). The van der Waals surface area contributed by atoms with Crippen molar-refractivity contribution < 1.29 is 14.0 Å². The van der Waals surface area contributed by atoms with Gasteiger partial charge in [0.1, 0.15) is 6.26 Å². The molecule has 0 saturated carbocycles. The van der Waals surface area contributed by atoms with Crippen LogP contribution in [-0.2, 0) is 6.42 Å². The summed E-state index contributed by atoms with van der Waals surface area (Å²) in [6, 6.07) is 16.3. The van der Waals surface area contributed by atoms with E-state index in [4.69, 9.17) is 10.2 Å². The lowest BCUT2D eigenvalue weighted by atomic mass is 10.1. The highest BCUT2D eigenvalue weighted by Gasteiger charge is 2.10. The van der Waals surface area contributed by atoms with E-state index < -0.39 is 5.91 Å². The Bertz CT molecular complexity index is 855. The number of nitrogens with two attached hydrogens (primary N) is 1. The fourth-order valence-electron chi connectivity index (χ4n) is 2.18. The smallest absolute Gasteiger partial charge is 0.270 e. The van der Waals surface area contributed by atoms with E-state index in [-0.39, 0.29) is 11.6 Å². The molecule has 1 heterocycles. The number of amides is 2. The number of nitrogens with one attached hydrogen (secondary N) is 1. The molecule has 0 saturated heterocycles. The fourth-order valence-corrected chi connectivity index (χ4v) is 2.18. The topological polar surface area (TPSA) is 98.2 Å². The van der Waals surface area contributed by atoms with Crippen LogP contribution in [0.2, 0.25) is 0 Å². The van der Waals surface area contributed by atoms with E-state index in [0.717, 1.165) is 11.3 Å². The molecule has 0 spiro atoms. The summed E-state index contributed by atoms with van der Waals surface area (Å²) in [6.07, 6.45) is 1.65. The van der Waals surface area contributed by atoms with Gasteiger partial charge in [-0.25, -0.2) is 4.98 Å². The molecule has 0 atom stereocenters. The van der Waals surface area contributed by atoms with Gasteiger partial charge in [0, 0.05) is 17.7 Å². The predicted octanol–water partition coefficient (Wildman–Crippen LogP) is 2.62. The van der Waals surface area contributed by atoms with Crippen LogP contribution in [0.5, 0.6) is 0 Å². The molecule has 3 rings (SSSR count). The first-order valence-electron chi connectivity index (χ1n) is 7.31. The quantitative estimate of drug-likeness (QED) is 0.754. The molecule has 0 aliphatic rings. The number of carbonyl (C=O) groups excluding carboxylic acids is 2. The molecule has 0 bridgehead atoms. The lowest BCUT2D eigenvalue weighted by Crippen LogP contribution is -2.11. The molecule has 3 aromatic rings. The molecule has 1 aromatic heterocycles. The number of oxazole rings is 1. The summed E-state index contributed by atoms with van der Waals surface area (Å²) in [6.45, 7) is 0. The first-order chi connectivity index (χ1) is 11.6. The SMILES string of the molecule is NC(=O)c1coc(Cc2ccc(C(=O)Nc3ccccc3)cc2)n1. The molecule has 0 radical (unpaired) electrons. The highest BCUT2D eigenvalue weighted by atomic mass is 16.3. The second kappa shape index (κ2) is 6.78. The van der Waals surface area contributed by atoms with E-state index in [1.165, 1.54) is 6.26 Å². The molecule has 6 nitrogen and oxygen atoms in total. The molecule has 24 heavy (non-hydrogen) atoms. The first-order valence-corrected chi connectivity index (χ1v) is 7.31. The third kappa shape index (κ3) is 3.67. The number of carbonyl (C=O) groups is 2. The van der Waals surface area contributed by atoms with Crippen LogP contribution in [0.4, 0.5) is 5.69 Å². The number of nitrogens with zero attached hydrogens (tertiary/aromatic N) is 1. The molecule has 2 amide bonds. The largest absolute Gasteiger partial charge is 0.448 e. The van der Waals surface area contributed by atoms with Gasteiger partial charge in [0.2, 0.25) is 0 Å². The molecule has 0 aliphatic carbocycles. The van der Waals surface area contributed by atoms with Crippen molar-refractivity contribution in [3.8, 4) is 0 Å². The molecule has 6 heteroatoms. The Balaban J connectivity index is 1.66. The second-order valence-corrected chi connectivity index (χ2v) is 5.18. The Morgan fingerprint density at radius 2 is 1.75 bits per heavy atom. The number of rotatable bonds is 5. The molecule has 0 fully saturated rings. The van der Waals surface area contributed by atoms with Crippen molar-refractivity contribution in [1.82, 2.24) is 4.98 Å². The Morgan fingerprint density at radius 3 is 2.38 bits per heavy atom. The van der Waals surface area contributed by atoms with Crippen molar-refractivity contribution in [2.75, 3.05) is 5.32 Å². The monoisotopic (exact) mass is 321 g/mol. The van der Waals surface area contributed by atoms with Gasteiger partial charge in [0.05, 0.1) is 0 Å². The maximum atomic E-state index is 12.2. The Labute approximate surface area is 138 Å². The van der Waals surface area contributed by atoms with E-state index >= 15 is 0 Å². The second-order valence-electron chi connectivity index (χ2n) is 5.18. The summed E-state index contributed by atoms with van der Waals surface area (Å²) < 4.78 is 5.20. The number of anilines is 1. The molecule has 120 valence electrons. The van der Waals surface area contributed by atoms with Crippen molar-refractivity contribution in [1.29, 1.82) is 0 Å². The van der Waals surface area contributed by atoms with Gasteiger partial charge in [-0.3, -0.25) is 9.59 Å². The van der Waals surface area contributed by atoms with Crippen LogP contribution in [0.1, 0.15) is 32.3 Å². The van der Waals surface area contributed by atoms with Gasteiger partial charge in [-0.05, 0) is 29.8 Å². The lowest BCUT2D eigenvalue weighted by Gasteiger charge is -2.05. The molecule has 0 aliphatic heterocycles. The van der Waals surface area contributed by atoms with Crippen molar-refractivity contribution in [3.05, 3.63) is 83.6 Å². The fraction of sp³-hybridized carbons (Fsp3) is 0.0556. The van der Waals surface area contributed by atoms with Crippen LogP contribution in [0.15, 0.2) is 65.3 Å². The van der Waals surface area contributed by atoms with Crippen LogP contribution in [0.3, 0.4) is 0 Å². The van der Waals surface area contributed by atoms with Gasteiger partial charge in [-0.1, -0.05) is 30.3 Å². The van der Waals surface area contributed by atoms with E-state index in [2.05, 4.69) is 10.3 Å². The molecule has 0 unspecified atom stereocenters. The Hall–Kier alpha value is -3.41. The van der Waals surface area contributed by atoms with Crippen LogP contribution < -0.4 is 11.1 Å². The maximum Gasteiger partial charge on any atom is 0.270 e. The number of aromatic nitrogens is 1. The Morgan fingerprint density at radius 1 is 1.04 bits per heavy atom. The molecular formula is C18H15N3O3. The zero-order valence-corrected chi connectivity index (χ0v) is 12.7. The Kier molecular flexibility index (Phi) is 4.38. The highest BCUT2D eigenvalue weighted by Crippen LogP contribution is 2.13. The van der Waals surface area contributed by atoms with E-state index in [0.29, 0.717) is 17.9 Å². The average molecular weight is 321 g/mol. The highest BCUT2D eigenvalue weighted by molar-refractivity contribution is 6.04. The lowest BCUT2D eigenvalue weighted by molar-refractivity contribution is 0.0993. The average Bonchev–Trinajstić information content (AvgIpc) is 3.05. The summed E-state index contributed by atoms with van der Waals surface area (Å²) in [4.78, 5) is 27.2. The van der Waals surface area contributed by atoms with Gasteiger partial charge in [0.15, 0.2) is 11.6 Å². The first kappa shape index (κ1) is 15.5. The maximum absolute atomic E-state index is 12.2. The molecule has 3 N–H and O–H groups in total. The number of benzene rings is 2. The minimum Gasteiger partial charge on any atom is -0.448 e. The zero-order valence-electron chi connectivity index (χ0n) is 12.7. The van der Waals surface area contributed by atoms with E-state index in [1.807, 2.05) is 42.5 Å². The molecular weight excluding hydrogens is 306 g/mol. The zero-order chi connectivity index (χ0) is 16.9. The summed E-state index contributed by atoms with van der Waals surface area (Å²) in [5.41, 5.74) is 7.43. The normalized spacial score (nSPS) is 10.3. The summed E-state index contributed by atoms with van der Waals surface area (Å²) in [7, 11) is 0. The van der Waals surface area contributed by atoms with Crippen molar-refractivity contribution in [2.24, 2.45) is 5.73 Å². The minimum absolute atomic E-state index is 0.101. The van der Waals surface area contributed by atoms with Gasteiger partial charge < -0.3 is 15.5 Å². The summed E-state index contributed by atoms with van der Waals surface area (Å²) in [5.74, 6) is -0.414. The molecule has 2 aromatic carbocycles. The third-order valence-electron chi connectivity index (χ3n) is 3.41. The van der Waals surface area contributed by atoms with Crippen molar-refractivity contribution >= 4 is 17.5 Å².